The number of carbonyl (C=O) groups is 1. The number of hydrogen-bond donors (Lipinski definition) is 0. The number of carbonyl (C=O) groups excluding carboxylic acids is 1. The van der Waals surface area contributed by atoms with Gasteiger partial charge < -0.3 is 14.3 Å². The third kappa shape index (κ3) is 3.53. The van der Waals surface area contributed by atoms with Crippen molar-refractivity contribution in [2.45, 2.75) is 12.3 Å². The summed E-state index contributed by atoms with van der Waals surface area (Å²) in [4.78, 5) is 20.7. The minimum Gasteiger partial charge on any atom is -0.378 e. The smallest absolute Gasteiger partial charge is 0.258 e. The SMILES string of the molecule is CN(C)c1cccc(-c2nc([C@H]3CC(=O)N(c4ccc(Cl)cc4)C3)no2)c1. The number of nitrogens with zero attached hydrogens (tertiary/aromatic N) is 4. The molecule has 1 aromatic heterocycles. The molecule has 3 aromatic rings. The first-order valence-corrected chi connectivity index (χ1v) is 9.06. The molecule has 0 spiro atoms. The van der Waals surface area contributed by atoms with Crippen molar-refractivity contribution in [2.24, 2.45) is 0 Å². The lowest BCUT2D eigenvalue weighted by atomic mass is 10.1. The van der Waals surface area contributed by atoms with Crippen LogP contribution in [0.1, 0.15) is 18.2 Å². The molecule has 1 aliphatic rings. The van der Waals surface area contributed by atoms with Gasteiger partial charge in [-0.15, -0.1) is 0 Å². The van der Waals surface area contributed by atoms with Crippen molar-refractivity contribution in [3.05, 3.63) is 59.4 Å². The van der Waals surface area contributed by atoms with E-state index in [4.69, 9.17) is 16.1 Å². The quantitative estimate of drug-likeness (QED) is 0.683. The van der Waals surface area contributed by atoms with Gasteiger partial charge in [-0.25, -0.2) is 0 Å². The number of rotatable bonds is 4. The van der Waals surface area contributed by atoms with Crippen LogP contribution >= 0.6 is 11.6 Å². The summed E-state index contributed by atoms with van der Waals surface area (Å²) in [5.41, 5.74) is 2.74. The fourth-order valence-electron chi connectivity index (χ4n) is 3.19. The number of benzene rings is 2. The number of amides is 1. The molecule has 2 heterocycles. The van der Waals surface area contributed by atoms with Gasteiger partial charge in [0.15, 0.2) is 5.82 Å². The number of aromatic nitrogens is 2. The van der Waals surface area contributed by atoms with Crippen LogP contribution in [0.4, 0.5) is 11.4 Å². The lowest BCUT2D eigenvalue weighted by Gasteiger charge is -2.16. The molecule has 1 aliphatic heterocycles. The summed E-state index contributed by atoms with van der Waals surface area (Å²) in [6.45, 7) is 0.525. The highest BCUT2D eigenvalue weighted by atomic mass is 35.5. The molecule has 1 amide bonds. The Hall–Kier alpha value is -2.86. The first-order valence-electron chi connectivity index (χ1n) is 8.68. The van der Waals surface area contributed by atoms with Crippen LogP contribution in [0, 0.1) is 0 Å². The van der Waals surface area contributed by atoms with Crippen LogP contribution in [0.3, 0.4) is 0 Å². The highest BCUT2D eigenvalue weighted by Crippen LogP contribution is 2.32. The average molecular weight is 383 g/mol. The van der Waals surface area contributed by atoms with Crippen molar-refractivity contribution in [1.29, 1.82) is 0 Å². The summed E-state index contributed by atoms with van der Waals surface area (Å²) in [6.07, 6.45) is 0.360. The van der Waals surface area contributed by atoms with Gasteiger partial charge in [-0.2, -0.15) is 4.98 Å². The maximum atomic E-state index is 12.4. The fraction of sp³-hybridized carbons (Fsp3) is 0.250. The van der Waals surface area contributed by atoms with E-state index in [-0.39, 0.29) is 11.8 Å². The Morgan fingerprint density at radius 3 is 2.70 bits per heavy atom. The molecular weight excluding hydrogens is 364 g/mol. The molecule has 6 nitrogen and oxygen atoms in total. The highest BCUT2D eigenvalue weighted by molar-refractivity contribution is 6.30. The number of anilines is 2. The molecule has 1 atom stereocenters. The Morgan fingerprint density at radius 1 is 1.19 bits per heavy atom. The van der Waals surface area contributed by atoms with Gasteiger partial charge >= 0.3 is 0 Å². The van der Waals surface area contributed by atoms with Crippen molar-refractivity contribution < 1.29 is 9.32 Å². The average Bonchev–Trinajstić information content (AvgIpc) is 3.29. The summed E-state index contributed by atoms with van der Waals surface area (Å²) >= 11 is 5.93. The summed E-state index contributed by atoms with van der Waals surface area (Å²) in [5, 5.41) is 4.77. The van der Waals surface area contributed by atoms with Gasteiger partial charge in [-0.3, -0.25) is 4.79 Å². The van der Waals surface area contributed by atoms with Gasteiger partial charge in [-0.1, -0.05) is 22.8 Å². The van der Waals surface area contributed by atoms with Gasteiger partial charge in [0, 0.05) is 54.9 Å². The minimum atomic E-state index is -0.0947. The molecule has 0 unspecified atom stereocenters. The van der Waals surface area contributed by atoms with E-state index >= 15 is 0 Å². The number of hydrogen-bond acceptors (Lipinski definition) is 5. The normalized spacial score (nSPS) is 16.8. The molecule has 1 fully saturated rings. The monoisotopic (exact) mass is 382 g/mol. The molecule has 0 saturated carbocycles. The van der Waals surface area contributed by atoms with Gasteiger partial charge in [0.1, 0.15) is 0 Å². The molecule has 27 heavy (non-hydrogen) atoms. The molecule has 1 saturated heterocycles. The Labute approximate surface area is 162 Å². The molecular formula is C20H19ClN4O2. The van der Waals surface area contributed by atoms with Crippen LogP contribution in [-0.4, -0.2) is 36.7 Å². The van der Waals surface area contributed by atoms with Gasteiger partial charge in [0.2, 0.25) is 5.91 Å². The summed E-state index contributed by atoms with van der Waals surface area (Å²) in [6, 6.07) is 15.1. The lowest BCUT2D eigenvalue weighted by molar-refractivity contribution is -0.117. The van der Waals surface area contributed by atoms with E-state index in [0.29, 0.717) is 29.7 Å². The van der Waals surface area contributed by atoms with Crippen LogP contribution in [0.2, 0.25) is 5.02 Å². The third-order valence-corrected chi connectivity index (χ3v) is 4.93. The van der Waals surface area contributed by atoms with E-state index in [1.54, 1.807) is 17.0 Å². The predicted molar refractivity (Wildman–Crippen MR) is 105 cm³/mol. The molecule has 4 rings (SSSR count). The lowest BCUT2D eigenvalue weighted by Crippen LogP contribution is -2.24. The summed E-state index contributed by atoms with van der Waals surface area (Å²) in [5.74, 6) is 0.974. The minimum absolute atomic E-state index is 0.0447. The molecule has 0 bridgehead atoms. The van der Waals surface area contributed by atoms with Crippen molar-refractivity contribution in [1.82, 2.24) is 10.1 Å². The zero-order valence-electron chi connectivity index (χ0n) is 15.1. The first-order chi connectivity index (χ1) is 13.0. The van der Waals surface area contributed by atoms with Crippen LogP contribution in [-0.2, 0) is 4.79 Å². The van der Waals surface area contributed by atoms with Crippen molar-refractivity contribution in [2.75, 3.05) is 30.4 Å². The van der Waals surface area contributed by atoms with E-state index in [2.05, 4.69) is 10.1 Å². The third-order valence-electron chi connectivity index (χ3n) is 4.68. The van der Waals surface area contributed by atoms with Crippen molar-refractivity contribution in [3.8, 4) is 11.5 Å². The van der Waals surface area contributed by atoms with Crippen LogP contribution in [0.25, 0.3) is 11.5 Å². The molecule has 2 aromatic carbocycles. The highest BCUT2D eigenvalue weighted by Gasteiger charge is 2.34. The standard InChI is InChI=1S/C20H19ClN4O2/c1-24(2)17-5-3-4-13(10-17)20-22-19(23-27-20)14-11-18(26)25(12-14)16-8-6-15(21)7-9-16/h3-10,14H,11-12H2,1-2H3/t14-/m0/s1. The number of halogens is 1. The largest absolute Gasteiger partial charge is 0.378 e. The Balaban J connectivity index is 1.54. The second kappa shape index (κ2) is 7.04. The molecule has 0 N–H and O–H groups in total. The van der Waals surface area contributed by atoms with Crippen LogP contribution < -0.4 is 9.80 Å². The summed E-state index contributed by atoms with van der Waals surface area (Å²) in [7, 11) is 3.96. The zero-order chi connectivity index (χ0) is 19.0. The van der Waals surface area contributed by atoms with Gasteiger partial charge in [0.05, 0.1) is 0 Å². The van der Waals surface area contributed by atoms with E-state index in [9.17, 15) is 4.79 Å². The molecule has 0 radical (unpaired) electrons. The maximum Gasteiger partial charge on any atom is 0.258 e. The maximum absolute atomic E-state index is 12.4. The topological polar surface area (TPSA) is 62.5 Å². The van der Waals surface area contributed by atoms with Crippen molar-refractivity contribution >= 4 is 28.9 Å². The summed E-state index contributed by atoms with van der Waals surface area (Å²) < 4.78 is 5.46. The molecule has 7 heteroatoms. The second-order valence-electron chi connectivity index (χ2n) is 6.78. The predicted octanol–water partition coefficient (Wildman–Crippen LogP) is 3.98. The van der Waals surface area contributed by atoms with E-state index in [0.717, 1.165) is 16.9 Å². The van der Waals surface area contributed by atoms with E-state index < -0.39 is 0 Å². The Morgan fingerprint density at radius 2 is 1.96 bits per heavy atom. The second-order valence-corrected chi connectivity index (χ2v) is 7.22. The van der Waals surface area contributed by atoms with E-state index in [1.807, 2.05) is 55.4 Å². The Kier molecular flexibility index (Phi) is 4.58. The van der Waals surface area contributed by atoms with Gasteiger partial charge in [-0.05, 0) is 42.5 Å². The zero-order valence-corrected chi connectivity index (χ0v) is 15.8. The van der Waals surface area contributed by atoms with Crippen molar-refractivity contribution in [3.63, 3.8) is 0 Å². The molecule has 0 aliphatic carbocycles. The van der Waals surface area contributed by atoms with Crippen LogP contribution in [0.15, 0.2) is 53.1 Å². The van der Waals surface area contributed by atoms with Crippen LogP contribution in [0.5, 0.6) is 0 Å². The van der Waals surface area contributed by atoms with Gasteiger partial charge in [0.25, 0.3) is 5.89 Å². The Bertz CT molecular complexity index is 968. The fourth-order valence-corrected chi connectivity index (χ4v) is 3.31. The molecule has 138 valence electrons. The first kappa shape index (κ1) is 17.5. The van der Waals surface area contributed by atoms with E-state index in [1.165, 1.54) is 0 Å².